The molecule has 2 amide bonds. The summed E-state index contributed by atoms with van der Waals surface area (Å²) in [5.74, 6) is -0.787. The number of hydrogen-bond donors (Lipinski definition) is 3. The molecule has 1 aromatic carbocycles. The van der Waals surface area contributed by atoms with Crippen LogP contribution >= 0.6 is 11.3 Å². The number of primary sulfonamides is 1. The second-order valence-corrected chi connectivity index (χ2v) is 7.47. The number of rotatable bonds is 3. The van der Waals surface area contributed by atoms with Crippen LogP contribution < -0.4 is 15.8 Å². The fourth-order valence-corrected chi connectivity index (χ4v) is 4.33. The third-order valence-electron chi connectivity index (χ3n) is 3.45. The van der Waals surface area contributed by atoms with Crippen molar-refractivity contribution in [2.45, 2.75) is 17.4 Å². The Labute approximate surface area is 136 Å². The molecule has 0 spiro atoms. The first-order valence-electron chi connectivity index (χ1n) is 6.66. The topological polar surface area (TPSA) is 118 Å². The van der Waals surface area contributed by atoms with Crippen molar-refractivity contribution in [3.8, 4) is 0 Å². The van der Waals surface area contributed by atoms with Crippen molar-refractivity contribution in [1.82, 2.24) is 5.32 Å². The molecule has 0 bridgehead atoms. The van der Waals surface area contributed by atoms with E-state index in [1.54, 1.807) is 24.3 Å². The van der Waals surface area contributed by atoms with Gasteiger partial charge in [0.2, 0.25) is 15.9 Å². The van der Waals surface area contributed by atoms with Crippen LogP contribution in [0.3, 0.4) is 0 Å². The standard InChI is InChI=1S/C14H13N3O4S2/c15-23(20,21)11-5-6-22-13(11)14(19)17-10-7-12(18)16-9-4-2-1-3-8(9)10/h1-6,10H,7H2,(H,16,18)(H,17,19)(H2,15,20,21). The number of carbonyl (C=O) groups is 2. The van der Waals surface area contributed by atoms with Gasteiger partial charge < -0.3 is 10.6 Å². The fourth-order valence-electron chi connectivity index (χ4n) is 2.45. The van der Waals surface area contributed by atoms with Crippen LogP contribution in [0.2, 0.25) is 0 Å². The molecule has 1 unspecified atom stereocenters. The van der Waals surface area contributed by atoms with Gasteiger partial charge in [-0.3, -0.25) is 9.59 Å². The van der Waals surface area contributed by atoms with Crippen LogP contribution in [-0.4, -0.2) is 20.2 Å². The molecule has 3 rings (SSSR count). The van der Waals surface area contributed by atoms with Crippen molar-refractivity contribution >= 4 is 38.9 Å². The lowest BCUT2D eigenvalue weighted by atomic mass is 9.97. The monoisotopic (exact) mass is 351 g/mol. The summed E-state index contributed by atoms with van der Waals surface area (Å²) in [5, 5.41) is 12.0. The van der Waals surface area contributed by atoms with E-state index in [1.807, 2.05) is 0 Å². The highest BCUT2D eigenvalue weighted by atomic mass is 32.2. The van der Waals surface area contributed by atoms with Crippen molar-refractivity contribution in [2.24, 2.45) is 5.14 Å². The van der Waals surface area contributed by atoms with Crippen molar-refractivity contribution in [3.63, 3.8) is 0 Å². The van der Waals surface area contributed by atoms with Gasteiger partial charge in [-0.05, 0) is 23.1 Å². The zero-order valence-corrected chi connectivity index (χ0v) is 13.4. The third kappa shape index (κ3) is 3.11. The van der Waals surface area contributed by atoms with Crippen LogP contribution in [-0.2, 0) is 14.8 Å². The Morgan fingerprint density at radius 1 is 1.30 bits per heavy atom. The summed E-state index contributed by atoms with van der Waals surface area (Å²) < 4.78 is 23.0. The number of fused-ring (bicyclic) bond motifs is 1. The number of thiophene rings is 1. The summed E-state index contributed by atoms with van der Waals surface area (Å²) in [5.41, 5.74) is 1.40. The lowest BCUT2D eigenvalue weighted by Crippen LogP contribution is -2.35. The average Bonchev–Trinajstić information content (AvgIpc) is 2.96. The Bertz CT molecular complexity index is 889. The number of amides is 2. The third-order valence-corrected chi connectivity index (χ3v) is 5.44. The van der Waals surface area contributed by atoms with Crippen molar-refractivity contribution in [1.29, 1.82) is 0 Å². The van der Waals surface area contributed by atoms with E-state index in [4.69, 9.17) is 5.14 Å². The van der Waals surface area contributed by atoms with Crippen molar-refractivity contribution in [2.75, 3.05) is 5.32 Å². The lowest BCUT2D eigenvalue weighted by molar-refractivity contribution is -0.116. The molecule has 2 aromatic rings. The maximum absolute atomic E-state index is 12.4. The van der Waals surface area contributed by atoms with Gasteiger partial charge in [-0.15, -0.1) is 11.3 Å². The highest BCUT2D eigenvalue weighted by Crippen LogP contribution is 2.31. The van der Waals surface area contributed by atoms with Crippen LogP contribution in [0.4, 0.5) is 5.69 Å². The maximum atomic E-state index is 12.4. The fraction of sp³-hybridized carbons (Fsp3) is 0.143. The molecule has 0 saturated heterocycles. The van der Waals surface area contributed by atoms with E-state index < -0.39 is 22.0 Å². The van der Waals surface area contributed by atoms with Gasteiger partial charge in [-0.25, -0.2) is 13.6 Å². The molecule has 1 atom stereocenters. The molecule has 0 fully saturated rings. The van der Waals surface area contributed by atoms with Gasteiger partial charge >= 0.3 is 0 Å². The SMILES string of the molecule is NS(=O)(=O)c1ccsc1C(=O)NC1CC(=O)Nc2ccccc21. The van der Waals surface area contributed by atoms with Gasteiger partial charge in [-0.1, -0.05) is 18.2 Å². The second-order valence-electron chi connectivity index (χ2n) is 5.02. The Morgan fingerprint density at radius 3 is 2.78 bits per heavy atom. The highest BCUT2D eigenvalue weighted by Gasteiger charge is 2.28. The molecular formula is C14H13N3O4S2. The van der Waals surface area contributed by atoms with E-state index in [0.29, 0.717) is 5.69 Å². The van der Waals surface area contributed by atoms with Gasteiger partial charge in [0.1, 0.15) is 9.77 Å². The number of hydrogen-bond acceptors (Lipinski definition) is 5. The Morgan fingerprint density at radius 2 is 2.04 bits per heavy atom. The summed E-state index contributed by atoms with van der Waals surface area (Å²) in [6, 6.07) is 7.89. The molecule has 0 aliphatic carbocycles. The molecular weight excluding hydrogens is 338 g/mol. The molecule has 9 heteroatoms. The summed E-state index contributed by atoms with van der Waals surface area (Å²) in [7, 11) is -3.98. The van der Waals surface area contributed by atoms with E-state index in [9.17, 15) is 18.0 Å². The van der Waals surface area contributed by atoms with Crippen LogP contribution in [0.15, 0.2) is 40.6 Å². The average molecular weight is 351 g/mol. The summed E-state index contributed by atoms with van der Waals surface area (Å²) in [4.78, 5) is 24.0. The Balaban J connectivity index is 1.90. The van der Waals surface area contributed by atoms with Crippen molar-refractivity contribution < 1.29 is 18.0 Å². The Hall–Kier alpha value is -2.23. The molecule has 23 heavy (non-hydrogen) atoms. The maximum Gasteiger partial charge on any atom is 0.263 e. The zero-order valence-electron chi connectivity index (χ0n) is 11.8. The Kier molecular flexibility index (Phi) is 3.92. The van der Waals surface area contributed by atoms with Gasteiger partial charge in [0, 0.05) is 5.69 Å². The first kappa shape index (κ1) is 15.7. The minimum atomic E-state index is -3.98. The number of nitrogens with two attached hydrogens (primary N) is 1. The van der Waals surface area contributed by atoms with E-state index in [2.05, 4.69) is 10.6 Å². The first-order valence-corrected chi connectivity index (χ1v) is 9.09. The predicted molar refractivity (Wildman–Crippen MR) is 85.6 cm³/mol. The van der Waals surface area contributed by atoms with Gasteiger partial charge in [-0.2, -0.15) is 0 Å². The quantitative estimate of drug-likeness (QED) is 0.770. The minimum absolute atomic E-state index is 0.0102. The van der Waals surface area contributed by atoms with Crippen LogP contribution in [0.1, 0.15) is 27.7 Å². The number of carbonyl (C=O) groups excluding carboxylic acids is 2. The molecule has 0 radical (unpaired) electrons. The highest BCUT2D eigenvalue weighted by molar-refractivity contribution is 7.89. The molecule has 0 saturated carbocycles. The zero-order chi connectivity index (χ0) is 16.6. The second kappa shape index (κ2) is 5.76. The lowest BCUT2D eigenvalue weighted by Gasteiger charge is -2.26. The molecule has 2 heterocycles. The smallest absolute Gasteiger partial charge is 0.263 e. The number of para-hydroxylation sites is 1. The largest absolute Gasteiger partial charge is 0.344 e. The van der Waals surface area contributed by atoms with E-state index >= 15 is 0 Å². The minimum Gasteiger partial charge on any atom is -0.344 e. The first-order chi connectivity index (χ1) is 10.9. The van der Waals surface area contributed by atoms with Gasteiger partial charge in [0.25, 0.3) is 5.91 Å². The number of sulfonamides is 1. The van der Waals surface area contributed by atoms with Crippen LogP contribution in [0, 0.1) is 0 Å². The summed E-state index contributed by atoms with van der Waals surface area (Å²) >= 11 is 0.983. The number of nitrogens with one attached hydrogen (secondary N) is 2. The van der Waals surface area contributed by atoms with Gasteiger partial charge in [0.05, 0.1) is 12.5 Å². The molecule has 4 N–H and O–H groups in total. The van der Waals surface area contributed by atoms with E-state index in [1.165, 1.54) is 11.4 Å². The van der Waals surface area contributed by atoms with Crippen molar-refractivity contribution in [3.05, 3.63) is 46.2 Å². The molecule has 1 aliphatic rings. The van der Waals surface area contributed by atoms with Crippen LogP contribution in [0.5, 0.6) is 0 Å². The predicted octanol–water partition coefficient (Wildman–Crippen LogP) is 1.21. The summed E-state index contributed by atoms with van der Waals surface area (Å²) in [6.07, 6.45) is 0.0822. The van der Waals surface area contributed by atoms with Gasteiger partial charge in [0.15, 0.2) is 0 Å². The van der Waals surface area contributed by atoms with E-state index in [0.717, 1.165) is 16.9 Å². The molecule has 7 nitrogen and oxygen atoms in total. The van der Waals surface area contributed by atoms with Crippen LogP contribution in [0.25, 0.3) is 0 Å². The number of anilines is 1. The normalized spacial score (nSPS) is 17.3. The van der Waals surface area contributed by atoms with E-state index in [-0.39, 0.29) is 22.1 Å². The molecule has 1 aliphatic heterocycles. The molecule has 1 aromatic heterocycles. The number of benzene rings is 1. The summed E-state index contributed by atoms with van der Waals surface area (Å²) in [6.45, 7) is 0. The molecule has 120 valence electrons.